The molecule has 0 fully saturated rings. The van der Waals surface area contributed by atoms with Crippen molar-refractivity contribution in [2.45, 2.75) is 19.4 Å². The van der Waals surface area contributed by atoms with Crippen molar-refractivity contribution in [3.05, 3.63) is 71.0 Å². The maximum atomic E-state index is 13.5. The molecule has 4 heteroatoms. The fraction of sp³-hybridized carbons (Fsp3) is 0.316. The standard InChI is InChI=1S/C19H21FN2O/c20-18-8-4-3-6-16(18)9-11-21-13-19(23)22-12-10-15-5-1-2-7-17(15)14-22/h1-8,21H,9-14H2. The van der Waals surface area contributed by atoms with Crippen molar-refractivity contribution in [3.63, 3.8) is 0 Å². The van der Waals surface area contributed by atoms with E-state index >= 15 is 0 Å². The van der Waals surface area contributed by atoms with Crippen LogP contribution >= 0.6 is 0 Å². The lowest BCUT2D eigenvalue weighted by molar-refractivity contribution is -0.131. The fourth-order valence-corrected chi connectivity index (χ4v) is 2.94. The fourth-order valence-electron chi connectivity index (χ4n) is 2.94. The highest BCUT2D eigenvalue weighted by Crippen LogP contribution is 2.18. The van der Waals surface area contributed by atoms with E-state index in [-0.39, 0.29) is 11.7 Å². The Kier molecular flexibility index (Phi) is 5.03. The van der Waals surface area contributed by atoms with Gasteiger partial charge in [0.25, 0.3) is 0 Å². The van der Waals surface area contributed by atoms with Gasteiger partial charge in [-0.3, -0.25) is 4.79 Å². The van der Waals surface area contributed by atoms with Gasteiger partial charge in [-0.05, 0) is 42.1 Å². The average molecular weight is 312 g/mol. The summed E-state index contributed by atoms with van der Waals surface area (Å²) in [6.07, 6.45) is 1.50. The monoisotopic (exact) mass is 312 g/mol. The number of fused-ring (bicyclic) bond motifs is 1. The second-order valence-electron chi connectivity index (χ2n) is 5.85. The van der Waals surface area contributed by atoms with Gasteiger partial charge in [-0.25, -0.2) is 4.39 Å². The number of benzene rings is 2. The normalized spacial score (nSPS) is 13.7. The summed E-state index contributed by atoms with van der Waals surface area (Å²) in [7, 11) is 0. The van der Waals surface area contributed by atoms with Crippen molar-refractivity contribution < 1.29 is 9.18 Å². The molecule has 1 aliphatic heterocycles. The molecule has 1 aliphatic rings. The molecular formula is C19H21FN2O. The topological polar surface area (TPSA) is 32.3 Å². The van der Waals surface area contributed by atoms with Gasteiger partial charge in [0, 0.05) is 13.1 Å². The summed E-state index contributed by atoms with van der Waals surface area (Å²) in [6.45, 7) is 2.35. The molecule has 3 nitrogen and oxygen atoms in total. The van der Waals surface area contributed by atoms with Crippen molar-refractivity contribution in [2.24, 2.45) is 0 Å². The summed E-state index contributed by atoms with van der Waals surface area (Å²) in [6, 6.07) is 15.0. The zero-order valence-electron chi connectivity index (χ0n) is 13.1. The van der Waals surface area contributed by atoms with Gasteiger partial charge in [0.1, 0.15) is 5.82 Å². The molecule has 3 rings (SSSR count). The second kappa shape index (κ2) is 7.38. The number of halogens is 1. The highest BCUT2D eigenvalue weighted by Gasteiger charge is 2.19. The Labute approximate surface area is 136 Å². The van der Waals surface area contributed by atoms with Crippen LogP contribution in [0.2, 0.25) is 0 Å². The number of nitrogens with one attached hydrogen (secondary N) is 1. The molecule has 0 radical (unpaired) electrons. The smallest absolute Gasteiger partial charge is 0.236 e. The molecule has 1 heterocycles. The first-order valence-corrected chi connectivity index (χ1v) is 8.03. The lowest BCUT2D eigenvalue weighted by Crippen LogP contribution is -2.41. The first-order valence-electron chi connectivity index (χ1n) is 8.03. The van der Waals surface area contributed by atoms with Crippen LogP contribution in [0.5, 0.6) is 0 Å². The number of hydrogen-bond donors (Lipinski definition) is 1. The number of carbonyl (C=O) groups excluding carboxylic acids is 1. The van der Waals surface area contributed by atoms with E-state index in [9.17, 15) is 9.18 Å². The van der Waals surface area contributed by atoms with Crippen LogP contribution in [-0.2, 0) is 24.2 Å². The molecule has 1 N–H and O–H groups in total. The van der Waals surface area contributed by atoms with E-state index in [1.54, 1.807) is 12.1 Å². The quantitative estimate of drug-likeness (QED) is 0.861. The van der Waals surface area contributed by atoms with Crippen molar-refractivity contribution in [1.29, 1.82) is 0 Å². The molecule has 2 aromatic carbocycles. The van der Waals surface area contributed by atoms with Crippen molar-refractivity contribution in [2.75, 3.05) is 19.6 Å². The van der Waals surface area contributed by atoms with Gasteiger partial charge in [0.2, 0.25) is 5.91 Å². The summed E-state index contributed by atoms with van der Waals surface area (Å²) in [5.41, 5.74) is 3.25. The third-order valence-corrected chi connectivity index (χ3v) is 4.29. The zero-order valence-corrected chi connectivity index (χ0v) is 13.1. The third kappa shape index (κ3) is 3.96. The van der Waals surface area contributed by atoms with E-state index in [0.717, 1.165) is 13.0 Å². The molecular weight excluding hydrogens is 291 g/mol. The Hall–Kier alpha value is -2.20. The van der Waals surface area contributed by atoms with Crippen LogP contribution in [0.4, 0.5) is 4.39 Å². The van der Waals surface area contributed by atoms with E-state index in [0.29, 0.717) is 31.6 Å². The SMILES string of the molecule is O=C(CNCCc1ccccc1F)N1CCc2ccccc2C1. The maximum Gasteiger partial charge on any atom is 0.236 e. The summed E-state index contributed by atoms with van der Waals surface area (Å²) in [4.78, 5) is 14.2. The first-order chi connectivity index (χ1) is 11.2. The molecule has 0 spiro atoms. The highest BCUT2D eigenvalue weighted by molar-refractivity contribution is 5.78. The predicted molar refractivity (Wildman–Crippen MR) is 88.5 cm³/mol. The molecule has 23 heavy (non-hydrogen) atoms. The van der Waals surface area contributed by atoms with Gasteiger partial charge in [-0.1, -0.05) is 42.5 Å². The molecule has 120 valence electrons. The molecule has 2 aromatic rings. The van der Waals surface area contributed by atoms with Crippen LogP contribution in [0.25, 0.3) is 0 Å². The van der Waals surface area contributed by atoms with Gasteiger partial charge in [-0.2, -0.15) is 0 Å². The summed E-state index contributed by atoms with van der Waals surface area (Å²) in [5, 5.41) is 3.12. The molecule has 0 saturated heterocycles. The molecule has 0 aromatic heterocycles. The van der Waals surface area contributed by atoms with Gasteiger partial charge >= 0.3 is 0 Å². The average Bonchev–Trinajstić information content (AvgIpc) is 2.59. The molecule has 1 amide bonds. The summed E-state index contributed by atoms with van der Waals surface area (Å²) >= 11 is 0. The van der Waals surface area contributed by atoms with Gasteiger partial charge in [0.05, 0.1) is 6.54 Å². The maximum absolute atomic E-state index is 13.5. The van der Waals surface area contributed by atoms with E-state index in [1.165, 1.54) is 17.2 Å². The lowest BCUT2D eigenvalue weighted by atomic mass is 10.00. The van der Waals surface area contributed by atoms with Crippen molar-refractivity contribution in [3.8, 4) is 0 Å². The number of amides is 1. The van der Waals surface area contributed by atoms with Crippen LogP contribution in [0.3, 0.4) is 0 Å². The summed E-state index contributed by atoms with van der Waals surface area (Å²) < 4.78 is 13.5. The van der Waals surface area contributed by atoms with Crippen molar-refractivity contribution >= 4 is 5.91 Å². The molecule has 0 unspecified atom stereocenters. The third-order valence-electron chi connectivity index (χ3n) is 4.29. The number of hydrogen-bond acceptors (Lipinski definition) is 2. The first kappa shape index (κ1) is 15.7. The Morgan fingerprint density at radius 1 is 1.09 bits per heavy atom. The van der Waals surface area contributed by atoms with Crippen LogP contribution in [0, 0.1) is 5.82 Å². The predicted octanol–water partition coefficient (Wildman–Crippen LogP) is 2.54. The zero-order chi connectivity index (χ0) is 16.1. The minimum atomic E-state index is -0.187. The molecule has 0 atom stereocenters. The largest absolute Gasteiger partial charge is 0.337 e. The molecule has 0 bridgehead atoms. The Morgan fingerprint density at radius 3 is 2.65 bits per heavy atom. The molecule has 0 aliphatic carbocycles. The highest BCUT2D eigenvalue weighted by atomic mass is 19.1. The van der Waals surface area contributed by atoms with E-state index in [2.05, 4.69) is 17.4 Å². The van der Waals surface area contributed by atoms with E-state index in [4.69, 9.17) is 0 Å². The minimum Gasteiger partial charge on any atom is -0.337 e. The number of nitrogens with zero attached hydrogens (tertiary/aromatic N) is 1. The van der Waals surface area contributed by atoms with Gasteiger partial charge in [-0.15, -0.1) is 0 Å². The van der Waals surface area contributed by atoms with Crippen LogP contribution in [-0.4, -0.2) is 30.4 Å². The van der Waals surface area contributed by atoms with Crippen LogP contribution < -0.4 is 5.32 Å². The van der Waals surface area contributed by atoms with Gasteiger partial charge in [0.15, 0.2) is 0 Å². The Balaban J connectivity index is 1.45. The van der Waals surface area contributed by atoms with Crippen LogP contribution in [0.15, 0.2) is 48.5 Å². The van der Waals surface area contributed by atoms with E-state index in [1.807, 2.05) is 23.1 Å². The van der Waals surface area contributed by atoms with Crippen molar-refractivity contribution in [1.82, 2.24) is 10.2 Å². The van der Waals surface area contributed by atoms with Crippen LogP contribution in [0.1, 0.15) is 16.7 Å². The second-order valence-corrected chi connectivity index (χ2v) is 5.85. The molecule has 0 saturated carbocycles. The minimum absolute atomic E-state index is 0.105. The lowest BCUT2D eigenvalue weighted by Gasteiger charge is -2.29. The number of rotatable bonds is 5. The summed E-state index contributed by atoms with van der Waals surface area (Å²) in [5.74, 6) is -0.0821. The Morgan fingerprint density at radius 2 is 1.83 bits per heavy atom. The van der Waals surface area contributed by atoms with E-state index < -0.39 is 0 Å². The Bertz CT molecular complexity index is 687. The van der Waals surface area contributed by atoms with Gasteiger partial charge < -0.3 is 10.2 Å². The number of carbonyl (C=O) groups is 1.